The number of nitrogens with one attached hydrogen (secondary N) is 1. The highest BCUT2D eigenvalue weighted by molar-refractivity contribution is 5.39. The average molecular weight is 261 g/mol. The summed E-state index contributed by atoms with van der Waals surface area (Å²) in [5.74, 6) is 2.29. The first-order chi connectivity index (χ1) is 9.10. The summed E-state index contributed by atoms with van der Waals surface area (Å²) >= 11 is 0. The van der Waals surface area contributed by atoms with Crippen LogP contribution in [0.5, 0.6) is 0 Å². The number of hydrogen-bond acceptors (Lipinski definition) is 6. The molecule has 7 nitrogen and oxygen atoms in total. The monoisotopic (exact) mass is 261 g/mol. The van der Waals surface area contributed by atoms with Crippen LogP contribution in [0.4, 0.5) is 11.9 Å². The zero-order chi connectivity index (χ0) is 13.8. The number of anilines is 2. The van der Waals surface area contributed by atoms with Crippen molar-refractivity contribution >= 4 is 11.9 Å². The number of aromatic nitrogens is 5. The predicted molar refractivity (Wildman–Crippen MR) is 74.6 cm³/mol. The minimum absolute atomic E-state index is 0.538. The third-order valence-corrected chi connectivity index (χ3v) is 2.55. The Kier molecular flexibility index (Phi) is 3.94. The van der Waals surface area contributed by atoms with Gasteiger partial charge in [0, 0.05) is 33.0 Å². The molecule has 0 unspecified atom stereocenters. The van der Waals surface area contributed by atoms with Gasteiger partial charge >= 0.3 is 0 Å². The summed E-state index contributed by atoms with van der Waals surface area (Å²) in [4.78, 5) is 19.2. The van der Waals surface area contributed by atoms with Gasteiger partial charge in [0.1, 0.15) is 6.33 Å². The molecule has 2 aromatic rings. The smallest absolute Gasteiger partial charge is 0.241 e. The lowest BCUT2D eigenvalue weighted by atomic mass is 10.2. The summed E-state index contributed by atoms with van der Waals surface area (Å²) in [7, 11) is 3.77. The molecule has 0 spiro atoms. The van der Waals surface area contributed by atoms with Gasteiger partial charge in [0.25, 0.3) is 0 Å². The van der Waals surface area contributed by atoms with E-state index in [0.29, 0.717) is 23.8 Å². The fourth-order valence-corrected chi connectivity index (χ4v) is 1.76. The third kappa shape index (κ3) is 3.18. The van der Waals surface area contributed by atoms with Crippen LogP contribution >= 0.6 is 0 Å². The van der Waals surface area contributed by atoms with Crippen molar-refractivity contribution in [2.24, 2.45) is 5.92 Å². The molecule has 0 bridgehead atoms. The molecule has 19 heavy (non-hydrogen) atoms. The molecule has 0 atom stereocenters. The summed E-state index contributed by atoms with van der Waals surface area (Å²) in [5, 5.41) is 2.96. The third-order valence-electron chi connectivity index (χ3n) is 2.55. The van der Waals surface area contributed by atoms with Crippen molar-refractivity contribution < 1.29 is 0 Å². The maximum absolute atomic E-state index is 4.46. The van der Waals surface area contributed by atoms with Gasteiger partial charge in [0.05, 0.1) is 0 Å². The Morgan fingerprint density at radius 1 is 1.32 bits per heavy atom. The number of imidazole rings is 1. The molecule has 0 aromatic carbocycles. The summed E-state index contributed by atoms with van der Waals surface area (Å²) < 4.78 is 1.76. The fourth-order valence-electron chi connectivity index (χ4n) is 1.76. The maximum Gasteiger partial charge on any atom is 0.241 e. The minimum atomic E-state index is 0.538. The van der Waals surface area contributed by atoms with Gasteiger partial charge < -0.3 is 10.2 Å². The van der Waals surface area contributed by atoms with Crippen molar-refractivity contribution in [2.75, 3.05) is 30.9 Å². The van der Waals surface area contributed by atoms with Crippen molar-refractivity contribution in [3.8, 4) is 5.95 Å². The van der Waals surface area contributed by atoms with E-state index in [1.807, 2.05) is 11.9 Å². The van der Waals surface area contributed by atoms with Crippen molar-refractivity contribution in [3.05, 3.63) is 18.7 Å². The molecule has 0 radical (unpaired) electrons. The van der Waals surface area contributed by atoms with Crippen LogP contribution < -0.4 is 10.2 Å². The molecule has 0 fully saturated rings. The molecule has 102 valence electrons. The second-order valence-electron chi connectivity index (χ2n) is 4.75. The molecule has 2 heterocycles. The molecular formula is C12H19N7. The fraction of sp³-hybridized carbons (Fsp3) is 0.500. The molecule has 0 aliphatic carbocycles. The van der Waals surface area contributed by atoms with E-state index < -0.39 is 0 Å². The zero-order valence-corrected chi connectivity index (χ0v) is 11.7. The van der Waals surface area contributed by atoms with E-state index in [1.165, 1.54) is 0 Å². The number of rotatable bonds is 5. The van der Waals surface area contributed by atoms with E-state index in [9.17, 15) is 0 Å². The lowest BCUT2D eigenvalue weighted by Gasteiger charge is -2.20. The Hall–Kier alpha value is -2.18. The molecule has 0 aliphatic heterocycles. The normalized spacial score (nSPS) is 10.8. The van der Waals surface area contributed by atoms with Crippen LogP contribution in [0.25, 0.3) is 5.95 Å². The zero-order valence-electron chi connectivity index (χ0n) is 11.7. The van der Waals surface area contributed by atoms with Crippen molar-refractivity contribution in [3.63, 3.8) is 0 Å². The first-order valence-corrected chi connectivity index (χ1v) is 6.23. The van der Waals surface area contributed by atoms with Gasteiger partial charge in [-0.05, 0) is 5.92 Å². The molecule has 2 aromatic heterocycles. The first kappa shape index (κ1) is 13.3. The Morgan fingerprint density at radius 3 is 2.68 bits per heavy atom. The van der Waals surface area contributed by atoms with Gasteiger partial charge in [-0.2, -0.15) is 15.0 Å². The average Bonchev–Trinajstić information content (AvgIpc) is 2.91. The summed E-state index contributed by atoms with van der Waals surface area (Å²) in [6.07, 6.45) is 5.17. The Labute approximate surface area is 112 Å². The highest BCUT2D eigenvalue weighted by Crippen LogP contribution is 2.13. The molecule has 1 N–H and O–H groups in total. The predicted octanol–water partition coefficient (Wildman–Crippen LogP) is 1.19. The molecular weight excluding hydrogens is 242 g/mol. The maximum atomic E-state index is 4.46. The van der Waals surface area contributed by atoms with Gasteiger partial charge in [0.15, 0.2) is 0 Å². The van der Waals surface area contributed by atoms with Gasteiger partial charge in [0.2, 0.25) is 17.8 Å². The Balaban J connectivity index is 2.36. The van der Waals surface area contributed by atoms with Crippen molar-refractivity contribution in [1.29, 1.82) is 0 Å². The molecule has 0 amide bonds. The second-order valence-corrected chi connectivity index (χ2v) is 4.75. The Bertz CT molecular complexity index is 521. The van der Waals surface area contributed by atoms with Gasteiger partial charge in [-0.15, -0.1) is 0 Å². The van der Waals surface area contributed by atoms with Crippen LogP contribution in [0, 0.1) is 5.92 Å². The van der Waals surface area contributed by atoms with E-state index in [1.54, 1.807) is 30.3 Å². The number of hydrogen-bond donors (Lipinski definition) is 1. The van der Waals surface area contributed by atoms with E-state index in [2.05, 4.69) is 39.1 Å². The molecule has 0 saturated carbocycles. The van der Waals surface area contributed by atoms with Crippen LogP contribution in [0.3, 0.4) is 0 Å². The highest BCUT2D eigenvalue weighted by atomic mass is 15.3. The topological polar surface area (TPSA) is 71.8 Å². The van der Waals surface area contributed by atoms with E-state index in [-0.39, 0.29) is 0 Å². The van der Waals surface area contributed by atoms with Gasteiger partial charge in [-0.3, -0.25) is 4.57 Å². The summed E-state index contributed by atoms with van der Waals surface area (Å²) in [6.45, 7) is 5.21. The lowest BCUT2D eigenvalue weighted by Crippen LogP contribution is -2.25. The van der Waals surface area contributed by atoms with E-state index >= 15 is 0 Å². The standard InChI is InChI=1S/C12H19N7/c1-9(2)7-18(4)11-15-10(13-3)16-12(17-11)19-6-5-14-8-19/h5-6,8-9H,7H2,1-4H3,(H,13,15,16,17). The number of nitrogens with zero attached hydrogens (tertiary/aromatic N) is 6. The van der Waals surface area contributed by atoms with E-state index in [0.717, 1.165) is 6.54 Å². The lowest BCUT2D eigenvalue weighted by molar-refractivity contribution is 0.628. The molecule has 0 saturated heterocycles. The van der Waals surface area contributed by atoms with Crippen LogP contribution in [-0.4, -0.2) is 45.1 Å². The quantitative estimate of drug-likeness (QED) is 0.871. The van der Waals surface area contributed by atoms with Gasteiger partial charge in [-0.1, -0.05) is 13.8 Å². The highest BCUT2D eigenvalue weighted by Gasteiger charge is 2.11. The molecule has 2 rings (SSSR count). The summed E-state index contributed by atoms with van der Waals surface area (Å²) in [6, 6.07) is 0. The molecule has 0 aliphatic rings. The van der Waals surface area contributed by atoms with Crippen molar-refractivity contribution in [2.45, 2.75) is 13.8 Å². The summed E-state index contributed by atoms with van der Waals surface area (Å²) in [5.41, 5.74) is 0. The second kappa shape index (κ2) is 5.64. The minimum Gasteiger partial charge on any atom is -0.357 e. The van der Waals surface area contributed by atoms with Crippen molar-refractivity contribution in [1.82, 2.24) is 24.5 Å². The van der Waals surface area contributed by atoms with Crippen LogP contribution in [0.15, 0.2) is 18.7 Å². The van der Waals surface area contributed by atoms with Gasteiger partial charge in [-0.25, -0.2) is 4.98 Å². The van der Waals surface area contributed by atoms with Crippen LogP contribution in [0.1, 0.15) is 13.8 Å². The largest absolute Gasteiger partial charge is 0.357 e. The Morgan fingerprint density at radius 2 is 2.11 bits per heavy atom. The van der Waals surface area contributed by atoms with E-state index in [4.69, 9.17) is 0 Å². The van der Waals surface area contributed by atoms with Crippen LogP contribution in [-0.2, 0) is 0 Å². The van der Waals surface area contributed by atoms with Crippen LogP contribution in [0.2, 0.25) is 0 Å². The SMILES string of the molecule is CNc1nc(N(C)CC(C)C)nc(-n2ccnc2)n1. The molecule has 7 heteroatoms. The first-order valence-electron chi connectivity index (χ1n) is 6.23.